The summed E-state index contributed by atoms with van der Waals surface area (Å²) in [4.78, 5) is 8.35. The molecule has 0 bridgehead atoms. The number of sulfonamides is 1. The van der Waals surface area contributed by atoms with Gasteiger partial charge >= 0.3 is 0 Å². The molecule has 0 radical (unpaired) electrons. The van der Waals surface area contributed by atoms with Crippen molar-refractivity contribution in [3.8, 4) is 0 Å². The Kier molecular flexibility index (Phi) is 4.01. The minimum absolute atomic E-state index is 0.0963. The maximum Gasteiger partial charge on any atom is 0.240 e. The maximum atomic E-state index is 12.1. The molecule has 3 N–H and O–H groups in total. The molecule has 0 aliphatic rings. The van der Waals surface area contributed by atoms with Gasteiger partial charge in [0.25, 0.3) is 0 Å². The predicted octanol–water partition coefficient (Wildman–Crippen LogP) is 1.15. The van der Waals surface area contributed by atoms with Crippen LogP contribution in [0.5, 0.6) is 0 Å². The fraction of sp³-hybridized carbons (Fsp3) is 0.231. The number of nitrogen functional groups attached to an aromatic ring is 1. The first-order valence-corrected chi connectivity index (χ1v) is 7.50. The van der Waals surface area contributed by atoms with E-state index in [1.165, 1.54) is 6.07 Å². The maximum absolute atomic E-state index is 12.1. The van der Waals surface area contributed by atoms with E-state index in [4.69, 9.17) is 5.73 Å². The van der Waals surface area contributed by atoms with E-state index in [2.05, 4.69) is 14.7 Å². The number of anilines is 1. The second kappa shape index (κ2) is 5.56. The van der Waals surface area contributed by atoms with Crippen LogP contribution in [0.3, 0.4) is 0 Å². The third-order valence-electron chi connectivity index (χ3n) is 2.83. The van der Waals surface area contributed by atoms with Crippen LogP contribution >= 0.6 is 0 Å². The van der Waals surface area contributed by atoms with Gasteiger partial charge in [-0.15, -0.1) is 0 Å². The van der Waals surface area contributed by atoms with Crippen LogP contribution in [-0.4, -0.2) is 18.4 Å². The number of benzene rings is 1. The number of hydrogen-bond donors (Lipinski definition) is 2. The fourth-order valence-corrected chi connectivity index (χ4v) is 2.66. The van der Waals surface area contributed by atoms with Gasteiger partial charge in [-0.05, 0) is 37.6 Å². The summed E-state index contributed by atoms with van der Waals surface area (Å²) in [5.41, 5.74) is 8.31. The van der Waals surface area contributed by atoms with Gasteiger partial charge in [0.1, 0.15) is 0 Å². The van der Waals surface area contributed by atoms with Gasteiger partial charge in [-0.1, -0.05) is 0 Å². The normalized spacial score (nSPS) is 11.5. The van der Waals surface area contributed by atoms with E-state index in [-0.39, 0.29) is 11.4 Å². The third-order valence-corrected chi connectivity index (χ3v) is 4.23. The molecular formula is C13H16N4O2S. The van der Waals surface area contributed by atoms with E-state index >= 15 is 0 Å². The van der Waals surface area contributed by atoms with Gasteiger partial charge in [-0.25, -0.2) is 13.1 Å². The van der Waals surface area contributed by atoms with Crippen molar-refractivity contribution < 1.29 is 8.42 Å². The molecule has 0 saturated heterocycles. The first-order chi connectivity index (χ1) is 9.38. The molecule has 0 fully saturated rings. The van der Waals surface area contributed by atoms with Crippen molar-refractivity contribution in [1.29, 1.82) is 0 Å². The van der Waals surface area contributed by atoms with E-state index in [1.807, 2.05) is 6.92 Å². The molecule has 106 valence electrons. The van der Waals surface area contributed by atoms with Crippen LogP contribution in [0.1, 0.15) is 17.0 Å². The molecule has 0 saturated carbocycles. The minimum Gasteiger partial charge on any atom is -0.399 e. The van der Waals surface area contributed by atoms with Crippen LogP contribution in [0, 0.1) is 13.8 Å². The lowest BCUT2D eigenvalue weighted by molar-refractivity contribution is 0.580. The Morgan fingerprint density at radius 2 is 1.95 bits per heavy atom. The second-order valence-corrected chi connectivity index (χ2v) is 6.26. The Labute approximate surface area is 118 Å². The van der Waals surface area contributed by atoms with Gasteiger partial charge in [0.05, 0.1) is 29.0 Å². The molecular weight excluding hydrogens is 276 g/mol. The van der Waals surface area contributed by atoms with Gasteiger partial charge in [0.15, 0.2) is 0 Å². The summed E-state index contributed by atoms with van der Waals surface area (Å²) >= 11 is 0. The number of nitrogens with two attached hydrogens (primary N) is 1. The third kappa shape index (κ3) is 3.31. The van der Waals surface area contributed by atoms with Gasteiger partial charge in [-0.2, -0.15) is 0 Å². The smallest absolute Gasteiger partial charge is 0.240 e. The van der Waals surface area contributed by atoms with Crippen molar-refractivity contribution in [3.63, 3.8) is 0 Å². The van der Waals surface area contributed by atoms with Crippen molar-refractivity contribution in [2.75, 3.05) is 5.73 Å². The quantitative estimate of drug-likeness (QED) is 0.824. The summed E-state index contributed by atoms with van der Waals surface area (Å²) in [6, 6.07) is 4.60. The van der Waals surface area contributed by atoms with E-state index in [0.717, 1.165) is 11.3 Å². The van der Waals surface area contributed by atoms with E-state index in [9.17, 15) is 8.42 Å². The van der Waals surface area contributed by atoms with Crippen LogP contribution in [0.2, 0.25) is 0 Å². The number of aryl methyl sites for hydroxylation is 2. The highest BCUT2D eigenvalue weighted by Gasteiger charge is 2.14. The monoisotopic (exact) mass is 292 g/mol. The SMILES string of the molecule is Cc1cnc(CNS(=O)(=O)c2ccc(N)c(C)c2)cn1. The molecule has 20 heavy (non-hydrogen) atoms. The Hall–Kier alpha value is -1.99. The number of aromatic nitrogens is 2. The lowest BCUT2D eigenvalue weighted by Gasteiger charge is -2.08. The van der Waals surface area contributed by atoms with Crippen LogP contribution in [0.25, 0.3) is 0 Å². The highest BCUT2D eigenvalue weighted by atomic mass is 32.2. The molecule has 2 aromatic rings. The van der Waals surface area contributed by atoms with Crippen molar-refractivity contribution >= 4 is 15.7 Å². The highest BCUT2D eigenvalue weighted by Crippen LogP contribution is 2.16. The summed E-state index contributed by atoms with van der Waals surface area (Å²) in [7, 11) is -3.58. The molecule has 1 aromatic carbocycles. The summed E-state index contributed by atoms with van der Waals surface area (Å²) < 4.78 is 26.8. The topological polar surface area (TPSA) is 98.0 Å². The van der Waals surface area contributed by atoms with Crippen LogP contribution < -0.4 is 10.5 Å². The van der Waals surface area contributed by atoms with Crippen LogP contribution in [0.15, 0.2) is 35.5 Å². The highest BCUT2D eigenvalue weighted by molar-refractivity contribution is 7.89. The van der Waals surface area contributed by atoms with Crippen LogP contribution in [0.4, 0.5) is 5.69 Å². The van der Waals surface area contributed by atoms with Crippen molar-refractivity contribution in [3.05, 3.63) is 47.5 Å². The molecule has 0 amide bonds. The second-order valence-electron chi connectivity index (χ2n) is 4.49. The zero-order valence-electron chi connectivity index (χ0n) is 11.3. The lowest BCUT2D eigenvalue weighted by atomic mass is 10.2. The number of hydrogen-bond acceptors (Lipinski definition) is 5. The molecule has 1 heterocycles. The Morgan fingerprint density at radius 3 is 2.55 bits per heavy atom. The molecule has 6 nitrogen and oxygen atoms in total. The summed E-state index contributed by atoms with van der Waals surface area (Å²) in [6.07, 6.45) is 3.14. The van der Waals surface area contributed by atoms with Crippen molar-refractivity contribution in [2.45, 2.75) is 25.3 Å². The first kappa shape index (κ1) is 14.4. The van der Waals surface area contributed by atoms with Crippen molar-refractivity contribution in [2.24, 2.45) is 0 Å². The molecule has 1 aromatic heterocycles. The Balaban J connectivity index is 2.14. The number of nitrogens with zero attached hydrogens (tertiary/aromatic N) is 2. The zero-order chi connectivity index (χ0) is 14.8. The lowest BCUT2D eigenvalue weighted by Crippen LogP contribution is -2.24. The Bertz CT molecular complexity index is 712. The van der Waals surface area contributed by atoms with E-state index in [1.54, 1.807) is 31.5 Å². The minimum atomic E-state index is -3.58. The van der Waals surface area contributed by atoms with E-state index < -0.39 is 10.0 Å². The molecule has 0 atom stereocenters. The number of nitrogens with one attached hydrogen (secondary N) is 1. The first-order valence-electron chi connectivity index (χ1n) is 6.02. The van der Waals surface area contributed by atoms with Gasteiger partial charge in [0, 0.05) is 11.9 Å². The summed E-state index contributed by atoms with van der Waals surface area (Å²) in [5, 5.41) is 0. The molecule has 0 aliphatic heterocycles. The fourth-order valence-electron chi connectivity index (χ4n) is 1.58. The van der Waals surface area contributed by atoms with Gasteiger partial charge in [-0.3, -0.25) is 9.97 Å². The zero-order valence-corrected chi connectivity index (χ0v) is 12.1. The average molecular weight is 292 g/mol. The van der Waals surface area contributed by atoms with Crippen LogP contribution in [-0.2, 0) is 16.6 Å². The molecule has 2 rings (SSSR count). The van der Waals surface area contributed by atoms with Gasteiger partial charge in [0.2, 0.25) is 10.0 Å². The molecule has 7 heteroatoms. The molecule has 0 spiro atoms. The number of rotatable bonds is 4. The predicted molar refractivity (Wildman–Crippen MR) is 76.4 cm³/mol. The summed E-state index contributed by atoms with van der Waals surface area (Å²) in [6.45, 7) is 3.68. The standard InChI is InChI=1S/C13H16N4O2S/c1-9-5-12(3-4-13(9)14)20(18,19)17-8-11-7-15-10(2)6-16-11/h3-7,17H,8,14H2,1-2H3. The summed E-state index contributed by atoms with van der Waals surface area (Å²) in [5.74, 6) is 0. The van der Waals surface area contributed by atoms with Crippen molar-refractivity contribution in [1.82, 2.24) is 14.7 Å². The Morgan fingerprint density at radius 1 is 1.20 bits per heavy atom. The largest absolute Gasteiger partial charge is 0.399 e. The molecule has 0 unspecified atom stereocenters. The van der Waals surface area contributed by atoms with Gasteiger partial charge < -0.3 is 5.73 Å². The average Bonchev–Trinajstić information content (AvgIpc) is 2.41. The molecule has 0 aliphatic carbocycles. The van der Waals surface area contributed by atoms with E-state index in [0.29, 0.717) is 11.4 Å².